The molecule has 0 radical (unpaired) electrons. The molecule has 1 saturated carbocycles. The summed E-state index contributed by atoms with van der Waals surface area (Å²) in [5.41, 5.74) is 5.96. The standard InChI is InChI=1S/C13H18FNO2/c1-17-9-7-10(12(14)11(16)8-9)13(15)5-3-2-4-6-13/h7-8,16H,2-6,15H2,1H3. The lowest BCUT2D eigenvalue weighted by molar-refractivity contribution is 0.286. The average Bonchev–Trinajstić information content (AvgIpc) is 2.33. The van der Waals surface area contributed by atoms with E-state index in [9.17, 15) is 9.50 Å². The van der Waals surface area contributed by atoms with Crippen molar-refractivity contribution in [3.05, 3.63) is 23.5 Å². The summed E-state index contributed by atoms with van der Waals surface area (Å²) < 4.78 is 19.0. The fraction of sp³-hybridized carbons (Fsp3) is 0.538. The van der Waals surface area contributed by atoms with Crippen molar-refractivity contribution in [3.8, 4) is 11.5 Å². The van der Waals surface area contributed by atoms with Crippen LogP contribution in [-0.2, 0) is 5.54 Å². The monoisotopic (exact) mass is 239 g/mol. The molecule has 4 heteroatoms. The molecule has 1 aromatic carbocycles. The number of hydrogen-bond donors (Lipinski definition) is 2. The van der Waals surface area contributed by atoms with Gasteiger partial charge in [-0.15, -0.1) is 0 Å². The Hall–Kier alpha value is -1.29. The SMILES string of the molecule is COc1cc(O)c(F)c(C2(N)CCCCC2)c1. The maximum absolute atomic E-state index is 14.0. The van der Waals surface area contributed by atoms with Crippen LogP contribution in [0, 0.1) is 5.82 Å². The van der Waals surface area contributed by atoms with Gasteiger partial charge < -0.3 is 15.6 Å². The molecule has 94 valence electrons. The van der Waals surface area contributed by atoms with E-state index in [0.29, 0.717) is 11.3 Å². The van der Waals surface area contributed by atoms with Crippen molar-refractivity contribution < 1.29 is 14.2 Å². The first-order valence-corrected chi connectivity index (χ1v) is 5.93. The van der Waals surface area contributed by atoms with Crippen LogP contribution in [0.1, 0.15) is 37.7 Å². The lowest BCUT2D eigenvalue weighted by atomic mass is 9.77. The Bertz CT molecular complexity index is 414. The van der Waals surface area contributed by atoms with Crippen LogP contribution >= 0.6 is 0 Å². The first-order valence-electron chi connectivity index (χ1n) is 5.93. The van der Waals surface area contributed by atoms with E-state index in [1.165, 1.54) is 13.2 Å². The predicted molar refractivity (Wildman–Crippen MR) is 63.6 cm³/mol. The zero-order valence-corrected chi connectivity index (χ0v) is 10.0. The summed E-state index contributed by atoms with van der Waals surface area (Å²) in [5, 5.41) is 9.55. The largest absolute Gasteiger partial charge is 0.505 e. The Balaban J connectivity index is 2.45. The molecule has 17 heavy (non-hydrogen) atoms. The molecule has 0 aliphatic heterocycles. The van der Waals surface area contributed by atoms with E-state index in [2.05, 4.69) is 0 Å². The minimum absolute atomic E-state index is 0.369. The summed E-state index contributed by atoms with van der Waals surface area (Å²) in [6, 6.07) is 2.87. The zero-order chi connectivity index (χ0) is 12.5. The molecule has 0 heterocycles. The van der Waals surface area contributed by atoms with Crippen LogP contribution in [0.25, 0.3) is 0 Å². The van der Waals surface area contributed by atoms with Crippen LogP contribution < -0.4 is 10.5 Å². The van der Waals surface area contributed by atoms with Crippen LogP contribution in [0.3, 0.4) is 0 Å². The van der Waals surface area contributed by atoms with Crippen molar-refractivity contribution in [2.45, 2.75) is 37.6 Å². The number of ether oxygens (including phenoxy) is 1. The summed E-state index contributed by atoms with van der Waals surface area (Å²) in [5.74, 6) is -0.570. The van der Waals surface area contributed by atoms with E-state index in [1.54, 1.807) is 6.07 Å². The van der Waals surface area contributed by atoms with Crippen molar-refractivity contribution in [1.29, 1.82) is 0 Å². The third kappa shape index (κ3) is 2.22. The second-order valence-corrected chi connectivity index (χ2v) is 4.72. The highest BCUT2D eigenvalue weighted by Gasteiger charge is 2.33. The Morgan fingerprint density at radius 2 is 1.94 bits per heavy atom. The van der Waals surface area contributed by atoms with Crippen molar-refractivity contribution in [2.75, 3.05) is 7.11 Å². The Morgan fingerprint density at radius 3 is 2.53 bits per heavy atom. The number of hydrogen-bond acceptors (Lipinski definition) is 3. The molecule has 3 nitrogen and oxygen atoms in total. The fourth-order valence-electron chi connectivity index (χ4n) is 2.52. The van der Waals surface area contributed by atoms with Crippen LogP contribution in [0.2, 0.25) is 0 Å². The molecule has 1 aliphatic rings. The molecule has 0 spiro atoms. The van der Waals surface area contributed by atoms with Gasteiger partial charge >= 0.3 is 0 Å². The molecule has 0 bridgehead atoms. The molecule has 0 amide bonds. The summed E-state index contributed by atoms with van der Waals surface area (Å²) in [7, 11) is 1.49. The lowest BCUT2D eigenvalue weighted by Gasteiger charge is -2.34. The lowest BCUT2D eigenvalue weighted by Crippen LogP contribution is -2.39. The number of methoxy groups -OCH3 is 1. The quantitative estimate of drug-likeness (QED) is 0.834. The van der Waals surface area contributed by atoms with E-state index in [4.69, 9.17) is 10.5 Å². The molecule has 1 fully saturated rings. The molecule has 0 aromatic heterocycles. The van der Waals surface area contributed by atoms with E-state index in [-0.39, 0.29) is 0 Å². The third-order valence-electron chi connectivity index (χ3n) is 3.54. The van der Waals surface area contributed by atoms with Gasteiger partial charge in [-0.1, -0.05) is 19.3 Å². The van der Waals surface area contributed by atoms with E-state index >= 15 is 0 Å². The summed E-state index contributed by atoms with van der Waals surface area (Å²) >= 11 is 0. The van der Waals surface area contributed by atoms with Crippen LogP contribution in [0.15, 0.2) is 12.1 Å². The molecular weight excluding hydrogens is 221 g/mol. The number of phenols is 1. The van der Waals surface area contributed by atoms with E-state index < -0.39 is 17.1 Å². The number of aromatic hydroxyl groups is 1. The second-order valence-electron chi connectivity index (χ2n) is 4.72. The first-order chi connectivity index (χ1) is 8.07. The van der Waals surface area contributed by atoms with Crippen molar-refractivity contribution in [3.63, 3.8) is 0 Å². The molecule has 0 saturated heterocycles. The number of rotatable bonds is 2. The summed E-state index contributed by atoms with van der Waals surface area (Å²) in [6.07, 6.45) is 4.62. The fourth-order valence-corrected chi connectivity index (χ4v) is 2.52. The minimum Gasteiger partial charge on any atom is -0.505 e. The van der Waals surface area contributed by atoms with Gasteiger partial charge in [-0.2, -0.15) is 0 Å². The summed E-state index contributed by atoms with van der Waals surface area (Å²) in [4.78, 5) is 0. The van der Waals surface area contributed by atoms with Gasteiger partial charge in [-0.05, 0) is 18.9 Å². The van der Waals surface area contributed by atoms with Crippen LogP contribution in [0.4, 0.5) is 4.39 Å². The zero-order valence-electron chi connectivity index (χ0n) is 10.0. The Labute approximate surface area is 100 Å². The molecule has 0 atom stereocenters. The minimum atomic E-state index is -0.672. The van der Waals surface area contributed by atoms with Crippen LogP contribution in [0.5, 0.6) is 11.5 Å². The van der Waals surface area contributed by atoms with Gasteiger partial charge in [0.15, 0.2) is 11.6 Å². The maximum atomic E-state index is 14.0. The second kappa shape index (κ2) is 4.53. The van der Waals surface area contributed by atoms with Crippen molar-refractivity contribution in [2.24, 2.45) is 5.73 Å². The number of phenolic OH excluding ortho intramolecular Hbond substituents is 1. The van der Waals surface area contributed by atoms with Gasteiger partial charge in [0.2, 0.25) is 0 Å². The van der Waals surface area contributed by atoms with Crippen LogP contribution in [-0.4, -0.2) is 12.2 Å². The normalized spacial score (nSPS) is 19.0. The van der Waals surface area contributed by atoms with E-state index in [1.807, 2.05) is 0 Å². The first kappa shape index (κ1) is 12.2. The van der Waals surface area contributed by atoms with Gasteiger partial charge in [-0.25, -0.2) is 4.39 Å². The molecule has 3 N–H and O–H groups in total. The van der Waals surface area contributed by atoms with Gasteiger partial charge in [0.25, 0.3) is 0 Å². The molecule has 2 rings (SSSR count). The van der Waals surface area contributed by atoms with Gasteiger partial charge in [0.1, 0.15) is 5.75 Å². The highest BCUT2D eigenvalue weighted by atomic mass is 19.1. The predicted octanol–water partition coefficient (Wildman–Crippen LogP) is 2.66. The average molecular weight is 239 g/mol. The molecule has 1 aromatic rings. The van der Waals surface area contributed by atoms with Gasteiger partial charge in [-0.3, -0.25) is 0 Å². The highest BCUT2D eigenvalue weighted by molar-refractivity contribution is 5.42. The Morgan fingerprint density at radius 1 is 1.29 bits per heavy atom. The Kier molecular flexibility index (Phi) is 3.24. The number of halogens is 1. The van der Waals surface area contributed by atoms with Crippen molar-refractivity contribution in [1.82, 2.24) is 0 Å². The van der Waals surface area contributed by atoms with E-state index in [0.717, 1.165) is 32.1 Å². The maximum Gasteiger partial charge on any atom is 0.170 e. The molecule has 1 aliphatic carbocycles. The number of benzene rings is 1. The van der Waals surface area contributed by atoms with Crippen molar-refractivity contribution >= 4 is 0 Å². The third-order valence-corrected chi connectivity index (χ3v) is 3.54. The van der Waals surface area contributed by atoms with Gasteiger partial charge in [0.05, 0.1) is 7.11 Å². The topological polar surface area (TPSA) is 55.5 Å². The highest BCUT2D eigenvalue weighted by Crippen LogP contribution is 2.39. The number of nitrogens with two attached hydrogens (primary N) is 1. The van der Waals surface area contributed by atoms with Gasteiger partial charge in [0, 0.05) is 17.2 Å². The smallest absolute Gasteiger partial charge is 0.170 e. The summed E-state index contributed by atoms with van der Waals surface area (Å²) in [6.45, 7) is 0. The molecule has 0 unspecified atom stereocenters. The molecular formula is C13H18FNO2.